The number of nitrogens with two attached hydrogens (primary N) is 2. The molecular formula is C22H32N2. The summed E-state index contributed by atoms with van der Waals surface area (Å²) in [7, 11) is 0. The van der Waals surface area contributed by atoms with Gasteiger partial charge in [0.2, 0.25) is 0 Å². The maximum absolute atomic E-state index is 6.18. The molecule has 0 aliphatic heterocycles. The standard InChI is InChI=1S/C22H32N2/c1-7-17(8-2)20(18-9-13(3)21(23)14(4)10-18)19-11-15(5)22(24)16(6)12-19/h9-12,17,20H,7-8,23-24H2,1-6H3. The molecule has 2 aromatic rings. The predicted molar refractivity (Wildman–Crippen MR) is 107 cm³/mol. The van der Waals surface area contributed by atoms with Crippen LogP contribution in [0.3, 0.4) is 0 Å². The van der Waals surface area contributed by atoms with Crippen LogP contribution in [0.4, 0.5) is 11.4 Å². The lowest BCUT2D eigenvalue weighted by molar-refractivity contribution is 0.438. The highest BCUT2D eigenvalue weighted by Gasteiger charge is 2.24. The molecule has 2 heteroatoms. The summed E-state index contributed by atoms with van der Waals surface area (Å²) in [4.78, 5) is 0. The Labute approximate surface area is 147 Å². The fraction of sp³-hybridized carbons (Fsp3) is 0.455. The van der Waals surface area contributed by atoms with E-state index in [-0.39, 0.29) is 0 Å². The van der Waals surface area contributed by atoms with Crippen molar-refractivity contribution in [1.29, 1.82) is 0 Å². The van der Waals surface area contributed by atoms with Crippen LogP contribution >= 0.6 is 0 Å². The molecule has 0 atom stereocenters. The van der Waals surface area contributed by atoms with Crippen molar-refractivity contribution in [3.8, 4) is 0 Å². The molecule has 0 bridgehead atoms. The van der Waals surface area contributed by atoms with Crippen molar-refractivity contribution in [2.75, 3.05) is 11.5 Å². The molecule has 0 aromatic heterocycles. The van der Waals surface area contributed by atoms with Crippen molar-refractivity contribution in [3.05, 3.63) is 57.6 Å². The normalized spacial score (nSPS) is 11.5. The third kappa shape index (κ3) is 3.43. The van der Waals surface area contributed by atoms with Gasteiger partial charge in [-0.3, -0.25) is 0 Å². The maximum Gasteiger partial charge on any atom is 0.0373 e. The average molecular weight is 325 g/mol. The molecule has 0 spiro atoms. The summed E-state index contributed by atoms with van der Waals surface area (Å²) in [5.74, 6) is 0.992. The van der Waals surface area contributed by atoms with Crippen molar-refractivity contribution in [2.45, 2.75) is 60.3 Å². The molecule has 24 heavy (non-hydrogen) atoms. The average Bonchev–Trinajstić information content (AvgIpc) is 2.54. The minimum absolute atomic E-state index is 0.385. The highest BCUT2D eigenvalue weighted by Crippen LogP contribution is 2.39. The van der Waals surface area contributed by atoms with E-state index in [1.165, 1.54) is 33.4 Å². The van der Waals surface area contributed by atoms with Crippen molar-refractivity contribution in [1.82, 2.24) is 0 Å². The first-order valence-corrected chi connectivity index (χ1v) is 9.03. The minimum Gasteiger partial charge on any atom is -0.398 e. The monoisotopic (exact) mass is 324 g/mol. The second-order valence-corrected chi connectivity index (χ2v) is 7.19. The zero-order valence-electron chi connectivity index (χ0n) is 16.0. The molecule has 0 unspecified atom stereocenters. The molecule has 0 fully saturated rings. The topological polar surface area (TPSA) is 52.0 Å². The Hall–Kier alpha value is -1.96. The largest absolute Gasteiger partial charge is 0.398 e. The van der Waals surface area contributed by atoms with Gasteiger partial charge in [-0.2, -0.15) is 0 Å². The molecule has 2 rings (SSSR count). The Morgan fingerprint density at radius 1 is 0.667 bits per heavy atom. The molecule has 0 saturated heterocycles. The number of hydrogen-bond donors (Lipinski definition) is 2. The van der Waals surface area contributed by atoms with Crippen molar-refractivity contribution in [2.24, 2.45) is 5.92 Å². The smallest absolute Gasteiger partial charge is 0.0373 e. The molecule has 0 amide bonds. The van der Waals surface area contributed by atoms with Crippen LogP contribution in [-0.4, -0.2) is 0 Å². The Bertz CT molecular complexity index is 623. The van der Waals surface area contributed by atoms with Gasteiger partial charge < -0.3 is 11.5 Å². The second kappa shape index (κ2) is 7.29. The Morgan fingerprint density at radius 2 is 0.958 bits per heavy atom. The number of hydrogen-bond acceptors (Lipinski definition) is 2. The number of anilines is 2. The summed E-state index contributed by atoms with van der Waals surface area (Å²) in [6.07, 6.45) is 2.32. The Kier molecular flexibility index (Phi) is 5.58. The molecular weight excluding hydrogens is 292 g/mol. The lowest BCUT2D eigenvalue weighted by Gasteiger charge is -2.28. The summed E-state index contributed by atoms with van der Waals surface area (Å²) < 4.78 is 0. The quantitative estimate of drug-likeness (QED) is 0.698. The van der Waals surface area contributed by atoms with E-state index in [2.05, 4.69) is 65.8 Å². The highest BCUT2D eigenvalue weighted by molar-refractivity contribution is 5.58. The second-order valence-electron chi connectivity index (χ2n) is 7.19. The van der Waals surface area contributed by atoms with Crippen LogP contribution in [0.25, 0.3) is 0 Å². The zero-order chi connectivity index (χ0) is 18.0. The minimum atomic E-state index is 0.385. The van der Waals surface area contributed by atoms with Crippen LogP contribution in [0, 0.1) is 33.6 Å². The molecule has 4 N–H and O–H groups in total. The van der Waals surface area contributed by atoms with Gasteiger partial charge in [-0.25, -0.2) is 0 Å². The van der Waals surface area contributed by atoms with Gasteiger partial charge in [0.05, 0.1) is 0 Å². The zero-order valence-corrected chi connectivity index (χ0v) is 16.0. The maximum atomic E-state index is 6.18. The van der Waals surface area contributed by atoms with E-state index in [0.29, 0.717) is 11.8 Å². The van der Waals surface area contributed by atoms with Gasteiger partial charge in [0, 0.05) is 17.3 Å². The molecule has 130 valence electrons. The van der Waals surface area contributed by atoms with E-state index < -0.39 is 0 Å². The van der Waals surface area contributed by atoms with Crippen LogP contribution in [0.2, 0.25) is 0 Å². The van der Waals surface area contributed by atoms with E-state index in [1.54, 1.807) is 0 Å². The summed E-state index contributed by atoms with van der Waals surface area (Å²) in [6, 6.07) is 9.08. The molecule has 0 heterocycles. The molecule has 2 aromatic carbocycles. The van der Waals surface area contributed by atoms with Crippen molar-refractivity contribution < 1.29 is 0 Å². The molecule has 0 saturated carbocycles. The first-order chi connectivity index (χ1) is 11.3. The predicted octanol–water partition coefficient (Wildman–Crippen LogP) is 5.65. The molecule has 2 nitrogen and oxygen atoms in total. The molecule has 0 radical (unpaired) electrons. The van der Waals surface area contributed by atoms with Gasteiger partial charge in [-0.1, -0.05) is 51.0 Å². The highest BCUT2D eigenvalue weighted by atomic mass is 14.6. The van der Waals surface area contributed by atoms with Crippen molar-refractivity contribution >= 4 is 11.4 Å². The fourth-order valence-electron chi connectivity index (χ4n) is 3.87. The summed E-state index contributed by atoms with van der Waals surface area (Å²) in [5.41, 5.74) is 21.6. The lowest BCUT2D eigenvalue weighted by atomic mass is 9.76. The van der Waals surface area contributed by atoms with E-state index >= 15 is 0 Å². The molecule has 0 aliphatic carbocycles. The van der Waals surface area contributed by atoms with E-state index in [4.69, 9.17) is 11.5 Å². The number of aryl methyl sites for hydroxylation is 4. The van der Waals surface area contributed by atoms with Crippen LogP contribution in [0.15, 0.2) is 24.3 Å². The van der Waals surface area contributed by atoms with Crippen LogP contribution in [0.1, 0.15) is 66.0 Å². The number of rotatable bonds is 5. The van der Waals surface area contributed by atoms with Crippen LogP contribution in [-0.2, 0) is 0 Å². The fourth-order valence-corrected chi connectivity index (χ4v) is 3.87. The first kappa shape index (κ1) is 18.4. The first-order valence-electron chi connectivity index (χ1n) is 9.03. The van der Waals surface area contributed by atoms with Gasteiger partial charge in [-0.15, -0.1) is 0 Å². The van der Waals surface area contributed by atoms with Gasteiger partial charge in [-0.05, 0) is 67.0 Å². The summed E-state index contributed by atoms with van der Waals surface area (Å²) in [5, 5.41) is 0. The van der Waals surface area contributed by atoms with E-state index in [0.717, 1.165) is 24.2 Å². The third-order valence-corrected chi connectivity index (χ3v) is 5.47. The van der Waals surface area contributed by atoms with Gasteiger partial charge >= 0.3 is 0 Å². The SMILES string of the molecule is CCC(CC)C(c1cc(C)c(N)c(C)c1)c1cc(C)c(N)c(C)c1. The van der Waals surface area contributed by atoms with Crippen molar-refractivity contribution in [3.63, 3.8) is 0 Å². The lowest BCUT2D eigenvalue weighted by Crippen LogP contribution is -2.15. The van der Waals surface area contributed by atoms with E-state index in [1.807, 2.05) is 0 Å². The van der Waals surface area contributed by atoms with Crippen LogP contribution < -0.4 is 11.5 Å². The Morgan fingerprint density at radius 3 is 1.21 bits per heavy atom. The number of nitrogen functional groups attached to an aromatic ring is 2. The Balaban J connectivity index is 2.66. The van der Waals surface area contributed by atoms with Crippen LogP contribution in [0.5, 0.6) is 0 Å². The third-order valence-electron chi connectivity index (χ3n) is 5.47. The summed E-state index contributed by atoms with van der Waals surface area (Å²) in [6.45, 7) is 13.0. The van der Waals surface area contributed by atoms with Gasteiger partial charge in [0.25, 0.3) is 0 Å². The van der Waals surface area contributed by atoms with Gasteiger partial charge in [0.1, 0.15) is 0 Å². The van der Waals surface area contributed by atoms with E-state index in [9.17, 15) is 0 Å². The molecule has 0 aliphatic rings. The number of benzene rings is 2. The summed E-state index contributed by atoms with van der Waals surface area (Å²) >= 11 is 0. The van der Waals surface area contributed by atoms with Gasteiger partial charge in [0.15, 0.2) is 0 Å².